The molecule has 0 fully saturated rings. The Labute approximate surface area is 159 Å². The van der Waals surface area contributed by atoms with Gasteiger partial charge in [-0.3, -0.25) is 9.59 Å². The highest BCUT2D eigenvalue weighted by Crippen LogP contribution is 2.22. The van der Waals surface area contributed by atoms with Gasteiger partial charge in [0.1, 0.15) is 0 Å². The molecule has 0 aliphatic rings. The van der Waals surface area contributed by atoms with Crippen LogP contribution in [0, 0.1) is 0 Å². The summed E-state index contributed by atoms with van der Waals surface area (Å²) in [6, 6.07) is 17.4. The Kier molecular flexibility index (Phi) is 7.69. The minimum absolute atomic E-state index is 0.0131. The fraction of sp³-hybridized carbons (Fsp3) is 0.300. The molecule has 2 N–H and O–H groups in total. The molecule has 5 nitrogen and oxygen atoms in total. The minimum atomic E-state index is -0.180. The van der Waals surface area contributed by atoms with Crippen LogP contribution in [0.15, 0.2) is 59.5 Å². The molecule has 2 aromatic carbocycles. The Morgan fingerprint density at radius 2 is 1.81 bits per heavy atom. The highest BCUT2D eigenvalue weighted by Gasteiger charge is 2.14. The van der Waals surface area contributed by atoms with Gasteiger partial charge in [0.25, 0.3) is 0 Å². The van der Waals surface area contributed by atoms with Crippen LogP contribution in [0.5, 0.6) is 0 Å². The van der Waals surface area contributed by atoms with E-state index < -0.39 is 0 Å². The van der Waals surface area contributed by atoms with E-state index in [4.69, 9.17) is 0 Å². The number of nitrogens with one attached hydrogen (secondary N) is 2. The first kappa shape index (κ1) is 20.0. The zero-order valence-electron chi connectivity index (χ0n) is 15.4. The number of amides is 2. The van der Waals surface area contributed by atoms with Crippen LogP contribution in [0.25, 0.3) is 0 Å². The highest BCUT2D eigenvalue weighted by atomic mass is 32.2. The number of carbonyl (C=O) groups excluding carboxylic acids is 2. The van der Waals surface area contributed by atoms with Crippen molar-refractivity contribution in [2.45, 2.75) is 23.6 Å². The van der Waals surface area contributed by atoms with Gasteiger partial charge in [0.2, 0.25) is 11.8 Å². The predicted octanol–water partition coefficient (Wildman–Crippen LogP) is 2.98. The Morgan fingerprint density at radius 1 is 1.08 bits per heavy atom. The first-order valence-electron chi connectivity index (χ1n) is 8.47. The molecule has 1 atom stereocenters. The monoisotopic (exact) mass is 371 g/mol. The van der Waals surface area contributed by atoms with Gasteiger partial charge < -0.3 is 15.5 Å². The molecular weight excluding hydrogens is 346 g/mol. The number of rotatable bonds is 8. The van der Waals surface area contributed by atoms with Crippen LogP contribution in [0.1, 0.15) is 12.5 Å². The zero-order valence-corrected chi connectivity index (χ0v) is 16.2. The first-order valence-corrected chi connectivity index (χ1v) is 9.35. The van der Waals surface area contributed by atoms with Crippen LogP contribution in [0.2, 0.25) is 0 Å². The fourth-order valence-electron chi connectivity index (χ4n) is 2.34. The number of thioether (sulfide) groups is 1. The summed E-state index contributed by atoms with van der Waals surface area (Å²) in [7, 11) is 3.69. The van der Waals surface area contributed by atoms with Gasteiger partial charge in [-0.15, -0.1) is 11.8 Å². The molecule has 138 valence electrons. The molecule has 26 heavy (non-hydrogen) atoms. The number of benzene rings is 2. The van der Waals surface area contributed by atoms with E-state index >= 15 is 0 Å². The SMILES string of the molecule is CC(Sc1ccccc1)C(=O)NCc1cccc(NC(=O)CN(C)C)c1. The van der Waals surface area contributed by atoms with Crippen LogP contribution in [-0.4, -0.2) is 42.6 Å². The Morgan fingerprint density at radius 3 is 2.50 bits per heavy atom. The van der Waals surface area contributed by atoms with E-state index in [1.165, 1.54) is 11.8 Å². The first-order chi connectivity index (χ1) is 12.4. The molecule has 0 aromatic heterocycles. The van der Waals surface area contributed by atoms with Gasteiger partial charge >= 0.3 is 0 Å². The van der Waals surface area contributed by atoms with Gasteiger partial charge in [-0.1, -0.05) is 30.3 Å². The van der Waals surface area contributed by atoms with E-state index in [0.29, 0.717) is 13.1 Å². The molecular formula is C20H25N3O2S. The Bertz CT molecular complexity index is 735. The third-order valence-corrected chi connectivity index (χ3v) is 4.67. The van der Waals surface area contributed by atoms with Crippen molar-refractivity contribution in [2.24, 2.45) is 0 Å². The maximum absolute atomic E-state index is 12.3. The second kappa shape index (κ2) is 9.99. The van der Waals surface area contributed by atoms with Crippen molar-refractivity contribution < 1.29 is 9.59 Å². The average Bonchev–Trinajstić information content (AvgIpc) is 2.60. The molecule has 0 heterocycles. The molecule has 0 spiro atoms. The number of hydrogen-bond donors (Lipinski definition) is 2. The minimum Gasteiger partial charge on any atom is -0.351 e. The number of hydrogen-bond acceptors (Lipinski definition) is 4. The number of likely N-dealkylation sites (N-methyl/N-ethyl adjacent to an activating group) is 1. The lowest BCUT2D eigenvalue weighted by atomic mass is 10.2. The van der Waals surface area contributed by atoms with Crippen molar-refractivity contribution in [1.82, 2.24) is 10.2 Å². The normalized spacial score (nSPS) is 11.8. The summed E-state index contributed by atoms with van der Waals surface area (Å²) in [6.07, 6.45) is 0. The lowest BCUT2D eigenvalue weighted by molar-refractivity contribution is -0.120. The van der Waals surface area contributed by atoms with Crippen LogP contribution in [0.4, 0.5) is 5.69 Å². The van der Waals surface area contributed by atoms with E-state index in [0.717, 1.165) is 16.1 Å². The lowest BCUT2D eigenvalue weighted by Crippen LogP contribution is -2.30. The standard InChI is InChI=1S/C20H25N3O2S/c1-15(26-18-10-5-4-6-11-18)20(25)21-13-16-8-7-9-17(12-16)22-19(24)14-23(2)3/h4-12,15H,13-14H2,1-3H3,(H,21,25)(H,22,24). The van der Waals surface area contributed by atoms with Crippen LogP contribution < -0.4 is 10.6 Å². The third kappa shape index (κ3) is 6.90. The summed E-state index contributed by atoms with van der Waals surface area (Å²) in [5.74, 6) is -0.0787. The molecule has 0 saturated carbocycles. The number of anilines is 1. The maximum Gasteiger partial charge on any atom is 0.238 e. The van der Waals surface area contributed by atoms with Crippen molar-refractivity contribution in [3.63, 3.8) is 0 Å². The van der Waals surface area contributed by atoms with Gasteiger partial charge in [0, 0.05) is 17.1 Å². The molecule has 0 saturated heterocycles. The smallest absolute Gasteiger partial charge is 0.238 e. The van der Waals surface area contributed by atoms with Crippen molar-refractivity contribution in [3.8, 4) is 0 Å². The Balaban J connectivity index is 1.85. The zero-order chi connectivity index (χ0) is 18.9. The molecule has 0 bridgehead atoms. The molecule has 0 aliphatic heterocycles. The summed E-state index contributed by atoms with van der Waals surface area (Å²) in [5.41, 5.74) is 1.67. The van der Waals surface area contributed by atoms with E-state index in [9.17, 15) is 9.59 Å². The molecule has 2 amide bonds. The topological polar surface area (TPSA) is 61.4 Å². The van der Waals surface area contributed by atoms with Crippen molar-refractivity contribution in [3.05, 3.63) is 60.2 Å². The lowest BCUT2D eigenvalue weighted by Gasteiger charge is -2.13. The van der Waals surface area contributed by atoms with Gasteiger partial charge in [-0.2, -0.15) is 0 Å². The maximum atomic E-state index is 12.3. The summed E-state index contributed by atoms with van der Waals surface area (Å²) >= 11 is 1.53. The second-order valence-electron chi connectivity index (χ2n) is 6.28. The highest BCUT2D eigenvalue weighted by molar-refractivity contribution is 8.00. The fourth-order valence-corrected chi connectivity index (χ4v) is 3.25. The van der Waals surface area contributed by atoms with Crippen LogP contribution in [0.3, 0.4) is 0 Å². The van der Waals surface area contributed by atoms with E-state index in [-0.39, 0.29) is 17.1 Å². The third-order valence-electron chi connectivity index (χ3n) is 3.56. The van der Waals surface area contributed by atoms with Crippen molar-refractivity contribution in [2.75, 3.05) is 26.0 Å². The predicted molar refractivity (Wildman–Crippen MR) is 107 cm³/mol. The van der Waals surface area contributed by atoms with Crippen molar-refractivity contribution in [1.29, 1.82) is 0 Å². The largest absolute Gasteiger partial charge is 0.351 e. The summed E-state index contributed by atoms with van der Waals surface area (Å²) in [4.78, 5) is 27.0. The molecule has 2 rings (SSSR count). The van der Waals surface area contributed by atoms with E-state index in [1.54, 1.807) is 0 Å². The number of carbonyl (C=O) groups is 2. The molecule has 1 unspecified atom stereocenters. The van der Waals surface area contributed by atoms with Gasteiger partial charge in [0.15, 0.2) is 0 Å². The quantitative estimate of drug-likeness (QED) is 0.701. The molecule has 6 heteroatoms. The molecule has 0 radical (unpaired) electrons. The van der Waals surface area contributed by atoms with Crippen LogP contribution >= 0.6 is 11.8 Å². The van der Waals surface area contributed by atoms with Crippen molar-refractivity contribution >= 4 is 29.3 Å². The second-order valence-corrected chi connectivity index (χ2v) is 7.69. The summed E-state index contributed by atoms with van der Waals surface area (Å²) in [5, 5.41) is 5.63. The Hall–Kier alpha value is -2.31. The van der Waals surface area contributed by atoms with Gasteiger partial charge in [-0.25, -0.2) is 0 Å². The van der Waals surface area contributed by atoms with E-state index in [2.05, 4.69) is 10.6 Å². The molecule has 0 aliphatic carbocycles. The summed E-state index contributed by atoms with van der Waals surface area (Å²) < 4.78 is 0. The van der Waals surface area contributed by atoms with Crippen LogP contribution in [-0.2, 0) is 16.1 Å². The van der Waals surface area contributed by atoms with Gasteiger partial charge in [0.05, 0.1) is 11.8 Å². The van der Waals surface area contributed by atoms with Gasteiger partial charge in [-0.05, 0) is 50.8 Å². The summed E-state index contributed by atoms with van der Waals surface area (Å²) in [6.45, 7) is 2.65. The molecule has 2 aromatic rings. The van der Waals surface area contributed by atoms with E-state index in [1.807, 2.05) is 80.5 Å². The number of nitrogens with zero attached hydrogens (tertiary/aromatic N) is 1. The average molecular weight is 372 g/mol.